The molecule has 0 aromatic heterocycles. The number of nitrogens with two attached hydrogens (primary N) is 1. The minimum atomic E-state index is -0.683. The van der Waals surface area contributed by atoms with Crippen LogP contribution >= 0.6 is 0 Å². The lowest BCUT2D eigenvalue weighted by Crippen LogP contribution is -2.35. The quantitative estimate of drug-likeness (QED) is 0.829. The van der Waals surface area contributed by atoms with E-state index in [0.717, 1.165) is 25.3 Å². The first-order valence-corrected chi connectivity index (χ1v) is 6.10. The third-order valence-corrected chi connectivity index (χ3v) is 3.08. The Kier molecular flexibility index (Phi) is 4.63. The molecule has 0 aliphatic carbocycles. The topological polar surface area (TPSA) is 26.0 Å². The molecular formula is C14H21F2N. The molecule has 0 fully saturated rings. The second-order valence-corrected chi connectivity index (χ2v) is 5.17. The molecule has 0 spiro atoms. The molecule has 2 atom stereocenters. The first-order valence-electron chi connectivity index (χ1n) is 6.10. The number of hydrogen-bond acceptors (Lipinski definition) is 1. The zero-order chi connectivity index (χ0) is 13.1. The van der Waals surface area contributed by atoms with Gasteiger partial charge in [0.25, 0.3) is 0 Å². The molecule has 1 nitrogen and oxygen atoms in total. The molecule has 96 valence electrons. The molecule has 1 rings (SSSR count). The zero-order valence-electron chi connectivity index (χ0n) is 10.8. The lowest BCUT2D eigenvalue weighted by molar-refractivity contribution is 0.344. The summed E-state index contributed by atoms with van der Waals surface area (Å²) in [5.74, 6) is -0.694. The van der Waals surface area contributed by atoms with Gasteiger partial charge in [0.1, 0.15) is 11.6 Å². The van der Waals surface area contributed by atoms with Crippen LogP contribution in [-0.2, 0) is 5.54 Å². The fourth-order valence-electron chi connectivity index (χ4n) is 2.32. The summed E-state index contributed by atoms with van der Waals surface area (Å²) < 4.78 is 26.3. The standard InChI is InChI=1S/C14H21F2N/c1-4-5-10(2)9-14(3,17)11-6-12(15)8-13(16)7-11/h6-8,10H,4-5,9,17H2,1-3H3. The number of benzene rings is 1. The minimum Gasteiger partial charge on any atom is -0.322 e. The van der Waals surface area contributed by atoms with Gasteiger partial charge >= 0.3 is 0 Å². The molecule has 0 saturated heterocycles. The highest BCUT2D eigenvalue weighted by atomic mass is 19.1. The molecule has 0 radical (unpaired) electrons. The summed E-state index contributed by atoms with van der Waals surface area (Å²) in [6.45, 7) is 6.06. The second kappa shape index (κ2) is 5.58. The molecule has 0 aliphatic heterocycles. The predicted molar refractivity (Wildman–Crippen MR) is 66.6 cm³/mol. The Morgan fingerprint density at radius 1 is 1.24 bits per heavy atom. The lowest BCUT2D eigenvalue weighted by atomic mass is 9.83. The summed E-state index contributed by atoms with van der Waals surface area (Å²) >= 11 is 0. The van der Waals surface area contributed by atoms with Crippen molar-refractivity contribution in [1.29, 1.82) is 0 Å². The Morgan fingerprint density at radius 3 is 2.24 bits per heavy atom. The molecule has 0 heterocycles. The summed E-state index contributed by atoms with van der Waals surface area (Å²) in [7, 11) is 0. The Morgan fingerprint density at radius 2 is 1.76 bits per heavy atom. The van der Waals surface area contributed by atoms with Crippen LogP contribution in [0.25, 0.3) is 0 Å². The van der Waals surface area contributed by atoms with Gasteiger partial charge in [0, 0.05) is 11.6 Å². The maximum absolute atomic E-state index is 13.1. The van der Waals surface area contributed by atoms with Crippen molar-refractivity contribution in [3.63, 3.8) is 0 Å². The van der Waals surface area contributed by atoms with Crippen LogP contribution in [0.4, 0.5) is 8.78 Å². The van der Waals surface area contributed by atoms with E-state index in [4.69, 9.17) is 5.73 Å². The van der Waals surface area contributed by atoms with Crippen LogP contribution < -0.4 is 5.73 Å². The van der Waals surface area contributed by atoms with Gasteiger partial charge in [-0.1, -0.05) is 26.7 Å². The Balaban J connectivity index is 2.88. The largest absolute Gasteiger partial charge is 0.322 e. The molecule has 0 saturated carbocycles. The van der Waals surface area contributed by atoms with Crippen molar-refractivity contribution in [2.24, 2.45) is 11.7 Å². The molecule has 1 aromatic carbocycles. The van der Waals surface area contributed by atoms with Crippen molar-refractivity contribution in [2.75, 3.05) is 0 Å². The van der Waals surface area contributed by atoms with E-state index in [9.17, 15) is 8.78 Å². The van der Waals surface area contributed by atoms with Gasteiger partial charge in [-0.2, -0.15) is 0 Å². The van der Waals surface area contributed by atoms with E-state index in [1.165, 1.54) is 12.1 Å². The van der Waals surface area contributed by atoms with Crippen LogP contribution in [0.15, 0.2) is 18.2 Å². The van der Waals surface area contributed by atoms with Gasteiger partial charge in [-0.15, -0.1) is 0 Å². The zero-order valence-corrected chi connectivity index (χ0v) is 10.8. The summed E-state index contributed by atoms with van der Waals surface area (Å²) in [5, 5.41) is 0. The third kappa shape index (κ3) is 4.08. The van der Waals surface area contributed by atoms with Gasteiger partial charge < -0.3 is 5.73 Å². The van der Waals surface area contributed by atoms with Crippen LogP contribution in [-0.4, -0.2) is 0 Å². The molecule has 17 heavy (non-hydrogen) atoms. The van der Waals surface area contributed by atoms with E-state index in [0.29, 0.717) is 11.5 Å². The van der Waals surface area contributed by atoms with E-state index in [1.54, 1.807) is 0 Å². The lowest BCUT2D eigenvalue weighted by Gasteiger charge is -2.28. The molecule has 3 heteroatoms. The van der Waals surface area contributed by atoms with Crippen molar-refractivity contribution in [2.45, 2.75) is 45.6 Å². The van der Waals surface area contributed by atoms with Crippen LogP contribution in [0, 0.1) is 17.6 Å². The van der Waals surface area contributed by atoms with Gasteiger partial charge in [-0.05, 0) is 37.0 Å². The molecule has 1 aromatic rings. The van der Waals surface area contributed by atoms with Crippen molar-refractivity contribution in [1.82, 2.24) is 0 Å². The first kappa shape index (κ1) is 14.1. The van der Waals surface area contributed by atoms with E-state index in [-0.39, 0.29) is 0 Å². The maximum Gasteiger partial charge on any atom is 0.126 e. The molecule has 0 bridgehead atoms. The number of rotatable bonds is 5. The average molecular weight is 241 g/mol. The fourth-order valence-corrected chi connectivity index (χ4v) is 2.32. The van der Waals surface area contributed by atoms with Gasteiger partial charge in [0.15, 0.2) is 0 Å². The smallest absolute Gasteiger partial charge is 0.126 e. The first-order chi connectivity index (χ1) is 7.85. The minimum absolute atomic E-state index is 0.446. The highest BCUT2D eigenvalue weighted by molar-refractivity contribution is 5.25. The van der Waals surface area contributed by atoms with E-state index in [1.807, 2.05) is 6.92 Å². The Hall–Kier alpha value is -0.960. The SMILES string of the molecule is CCCC(C)CC(C)(N)c1cc(F)cc(F)c1. The molecule has 0 aliphatic rings. The molecule has 2 N–H and O–H groups in total. The van der Waals surface area contributed by atoms with Gasteiger partial charge in [-0.3, -0.25) is 0 Å². The van der Waals surface area contributed by atoms with Crippen LogP contribution in [0.2, 0.25) is 0 Å². The average Bonchev–Trinajstić information content (AvgIpc) is 2.15. The maximum atomic E-state index is 13.1. The Bertz CT molecular complexity index is 354. The highest BCUT2D eigenvalue weighted by Crippen LogP contribution is 2.28. The van der Waals surface area contributed by atoms with Crippen molar-refractivity contribution >= 4 is 0 Å². The highest BCUT2D eigenvalue weighted by Gasteiger charge is 2.24. The van der Waals surface area contributed by atoms with Crippen molar-refractivity contribution in [3.05, 3.63) is 35.4 Å². The second-order valence-electron chi connectivity index (χ2n) is 5.17. The normalized spacial score (nSPS) is 16.6. The van der Waals surface area contributed by atoms with Gasteiger partial charge in [0.2, 0.25) is 0 Å². The van der Waals surface area contributed by atoms with E-state index in [2.05, 4.69) is 13.8 Å². The molecular weight excluding hydrogens is 220 g/mol. The summed E-state index contributed by atoms with van der Waals surface area (Å²) in [5.41, 5.74) is 6.02. The summed E-state index contributed by atoms with van der Waals surface area (Å²) in [4.78, 5) is 0. The summed E-state index contributed by atoms with van der Waals surface area (Å²) in [6.07, 6.45) is 2.89. The number of hydrogen-bond donors (Lipinski definition) is 1. The predicted octanol–water partition coefficient (Wildman–Crippen LogP) is 3.97. The van der Waals surface area contributed by atoms with Crippen molar-refractivity contribution < 1.29 is 8.78 Å². The summed E-state index contributed by atoms with van der Waals surface area (Å²) in [6, 6.07) is 3.51. The van der Waals surface area contributed by atoms with E-state index < -0.39 is 17.2 Å². The van der Waals surface area contributed by atoms with Crippen LogP contribution in [0.1, 0.15) is 45.6 Å². The Labute approximate surface area is 102 Å². The molecule has 2 unspecified atom stereocenters. The van der Waals surface area contributed by atoms with Gasteiger partial charge in [0.05, 0.1) is 0 Å². The van der Waals surface area contributed by atoms with E-state index >= 15 is 0 Å². The third-order valence-electron chi connectivity index (χ3n) is 3.08. The van der Waals surface area contributed by atoms with Gasteiger partial charge in [-0.25, -0.2) is 8.78 Å². The van der Waals surface area contributed by atoms with Crippen LogP contribution in [0.5, 0.6) is 0 Å². The monoisotopic (exact) mass is 241 g/mol. The molecule has 0 amide bonds. The van der Waals surface area contributed by atoms with Crippen molar-refractivity contribution in [3.8, 4) is 0 Å². The van der Waals surface area contributed by atoms with Crippen LogP contribution in [0.3, 0.4) is 0 Å². The fraction of sp³-hybridized carbons (Fsp3) is 0.571. The number of halogens is 2.